The summed E-state index contributed by atoms with van der Waals surface area (Å²) in [6.07, 6.45) is 0.981. The molecule has 0 atom stereocenters. The second-order valence-electron chi connectivity index (χ2n) is 2.90. The van der Waals surface area contributed by atoms with Gasteiger partial charge in [0.05, 0.1) is 13.7 Å². The number of carboxylic acid groups (broad SMARTS) is 1. The summed E-state index contributed by atoms with van der Waals surface area (Å²) >= 11 is 0. The molecule has 0 fully saturated rings. The van der Waals surface area contributed by atoms with E-state index in [-0.39, 0.29) is 6.61 Å². The van der Waals surface area contributed by atoms with Gasteiger partial charge in [-0.25, -0.2) is 4.79 Å². The first-order chi connectivity index (χ1) is 7.17. The van der Waals surface area contributed by atoms with Crippen molar-refractivity contribution in [1.29, 1.82) is 0 Å². The Hall–Kier alpha value is -1.81. The third-order valence-corrected chi connectivity index (χ3v) is 1.91. The van der Waals surface area contributed by atoms with E-state index in [0.29, 0.717) is 16.9 Å². The van der Waals surface area contributed by atoms with Gasteiger partial charge in [-0.05, 0) is 23.3 Å². The highest BCUT2D eigenvalue weighted by Gasteiger charge is 2.03. The van der Waals surface area contributed by atoms with Crippen LogP contribution in [0.25, 0.3) is 5.57 Å². The normalized spacial score (nSPS) is 11.2. The van der Waals surface area contributed by atoms with Gasteiger partial charge < -0.3 is 14.9 Å². The van der Waals surface area contributed by atoms with Gasteiger partial charge in [-0.1, -0.05) is 12.1 Å². The van der Waals surface area contributed by atoms with Gasteiger partial charge >= 0.3 is 5.97 Å². The highest BCUT2D eigenvalue weighted by atomic mass is 16.5. The van der Waals surface area contributed by atoms with Crippen LogP contribution < -0.4 is 4.74 Å². The second kappa shape index (κ2) is 5.17. The molecule has 2 N–H and O–H groups in total. The Balaban J connectivity index is 3.07. The predicted molar refractivity (Wildman–Crippen MR) is 55.7 cm³/mol. The number of carbonyl (C=O) groups is 1. The van der Waals surface area contributed by atoms with E-state index in [0.717, 1.165) is 6.08 Å². The van der Waals surface area contributed by atoms with Crippen molar-refractivity contribution in [3.8, 4) is 5.75 Å². The van der Waals surface area contributed by atoms with Gasteiger partial charge in [0.15, 0.2) is 0 Å². The van der Waals surface area contributed by atoms with E-state index in [1.807, 2.05) is 0 Å². The van der Waals surface area contributed by atoms with Crippen LogP contribution in [-0.2, 0) is 4.79 Å². The van der Waals surface area contributed by atoms with Gasteiger partial charge in [-0.2, -0.15) is 0 Å². The van der Waals surface area contributed by atoms with Crippen LogP contribution >= 0.6 is 0 Å². The Morgan fingerprint density at radius 3 is 2.80 bits per heavy atom. The van der Waals surface area contributed by atoms with Crippen LogP contribution in [0.5, 0.6) is 5.75 Å². The summed E-state index contributed by atoms with van der Waals surface area (Å²) in [6.45, 7) is -0.320. The van der Waals surface area contributed by atoms with Gasteiger partial charge in [0.2, 0.25) is 0 Å². The summed E-state index contributed by atoms with van der Waals surface area (Å²) in [5.74, 6) is -0.459. The Labute approximate surface area is 87.4 Å². The minimum Gasteiger partial charge on any atom is -0.497 e. The van der Waals surface area contributed by atoms with Crippen molar-refractivity contribution < 1.29 is 19.7 Å². The smallest absolute Gasteiger partial charge is 0.328 e. The summed E-state index contributed by atoms with van der Waals surface area (Å²) in [6, 6.07) is 6.87. The average molecular weight is 208 g/mol. The topological polar surface area (TPSA) is 66.8 Å². The quantitative estimate of drug-likeness (QED) is 0.728. The number of benzene rings is 1. The van der Waals surface area contributed by atoms with Crippen LogP contribution in [0.2, 0.25) is 0 Å². The van der Waals surface area contributed by atoms with Gasteiger partial charge in [0.25, 0.3) is 0 Å². The highest BCUT2D eigenvalue weighted by Crippen LogP contribution is 2.19. The Morgan fingerprint density at radius 1 is 1.53 bits per heavy atom. The number of carboxylic acids is 1. The van der Waals surface area contributed by atoms with E-state index < -0.39 is 5.97 Å². The van der Waals surface area contributed by atoms with E-state index in [2.05, 4.69) is 0 Å². The molecule has 1 aromatic carbocycles. The number of aliphatic carboxylic acids is 1. The third kappa shape index (κ3) is 3.11. The molecule has 0 unspecified atom stereocenters. The lowest BCUT2D eigenvalue weighted by molar-refractivity contribution is -0.131. The van der Waals surface area contributed by atoms with Crippen molar-refractivity contribution >= 4 is 11.5 Å². The molecule has 1 rings (SSSR count). The monoisotopic (exact) mass is 208 g/mol. The molecule has 15 heavy (non-hydrogen) atoms. The standard InChI is InChI=1S/C11H12O4/c1-15-10-4-2-3-8(5-10)9(7-12)6-11(13)14/h2-6,12H,7H2,1H3,(H,13,14)/b9-6+. The molecule has 0 aliphatic rings. The van der Waals surface area contributed by atoms with Crippen LogP contribution in [0, 0.1) is 0 Å². The fraction of sp³-hybridized carbons (Fsp3) is 0.182. The Morgan fingerprint density at radius 2 is 2.27 bits per heavy atom. The molecule has 0 amide bonds. The maximum Gasteiger partial charge on any atom is 0.328 e. The Kier molecular flexibility index (Phi) is 3.88. The number of methoxy groups -OCH3 is 1. The molecule has 4 nitrogen and oxygen atoms in total. The molecule has 0 aliphatic heterocycles. The van der Waals surface area contributed by atoms with E-state index in [1.165, 1.54) is 7.11 Å². The van der Waals surface area contributed by atoms with Crippen LogP contribution in [0.15, 0.2) is 30.3 Å². The van der Waals surface area contributed by atoms with Gasteiger partial charge in [0, 0.05) is 6.08 Å². The lowest BCUT2D eigenvalue weighted by atomic mass is 10.1. The molecule has 80 valence electrons. The van der Waals surface area contributed by atoms with Crippen LogP contribution in [-0.4, -0.2) is 29.9 Å². The van der Waals surface area contributed by atoms with E-state index in [9.17, 15) is 4.79 Å². The summed E-state index contributed by atoms with van der Waals surface area (Å²) < 4.78 is 5.00. The first-order valence-corrected chi connectivity index (χ1v) is 4.36. The van der Waals surface area contributed by atoms with Crippen molar-refractivity contribution in [2.75, 3.05) is 13.7 Å². The molecule has 0 radical (unpaired) electrons. The summed E-state index contributed by atoms with van der Waals surface area (Å²) in [5, 5.41) is 17.6. The van der Waals surface area contributed by atoms with Crippen molar-refractivity contribution in [3.63, 3.8) is 0 Å². The number of hydrogen-bond donors (Lipinski definition) is 2. The SMILES string of the molecule is COc1cccc(/C(=C/C(=O)O)CO)c1. The van der Waals surface area contributed by atoms with Crippen molar-refractivity contribution in [3.05, 3.63) is 35.9 Å². The average Bonchev–Trinajstić information content (AvgIpc) is 2.25. The molecular weight excluding hydrogens is 196 g/mol. The number of rotatable bonds is 4. The third-order valence-electron chi connectivity index (χ3n) is 1.91. The molecule has 0 aromatic heterocycles. The minimum absolute atomic E-state index is 0.320. The number of aliphatic hydroxyl groups excluding tert-OH is 1. The summed E-state index contributed by atoms with van der Waals surface area (Å²) in [4.78, 5) is 10.5. The van der Waals surface area contributed by atoms with Crippen LogP contribution in [0.4, 0.5) is 0 Å². The predicted octanol–water partition coefficient (Wildman–Crippen LogP) is 1.16. The molecule has 1 aromatic rings. The molecule has 0 heterocycles. The minimum atomic E-state index is -1.08. The molecule has 4 heteroatoms. The fourth-order valence-electron chi connectivity index (χ4n) is 1.19. The van der Waals surface area contributed by atoms with Gasteiger partial charge in [-0.3, -0.25) is 0 Å². The van der Waals surface area contributed by atoms with Crippen LogP contribution in [0.3, 0.4) is 0 Å². The lowest BCUT2D eigenvalue weighted by Crippen LogP contribution is -1.97. The molecule has 0 aliphatic carbocycles. The highest BCUT2D eigenvalue weighted by molar-refractivity contribution is 5.90. The fourth-order valence-corrected chi connectivity index (χ4v) is 1.19. The maximum atomic E-state index is 10.5. The van der Waals surface area contributed by atoms with E-state index >= 15 is 0 Å². The van der Waals surface area contributed by atoms with E-state index in [1.54, 1.807) is 24.3 Å². The zero-order chi connectivity index (χ0) is 11.3. The summed E-state index contributed by atoms with van der Waals surface area (Å²) in [5.41, 5.74) is 0.987. The molecule has 0 bridgehead atoms. The second-order valence-corrected chi connectivity index (χ2v) is 2.90. The zero-order valence-corrected chi connectivity index (χ0v) is 8.30. The van der Waals surface area contributed by atoms with Gasteiger partial charge in [0.1, 0.15) is 5.75 Å². The largest absolute Gasteiger partial charge is 0.497 e. The first kappa shape index (κ1) is 11.3. The summed E-state index contributed by atoms with van der Waals surface area (Å²) in [7, 11) is 1.53. The maximum absolute atomic E-state index is 10.5. The molecule has 0 saturated carbocycles. The van der Waals surface area contributed by atoms with Crippen molar-refractivity contribution in [2.24, 2.45) is 0 Å². The molecular formula is C11H12O4. The Bertz CT molecular complexity index is 382. The number of ether oxygens (including phenoxy) is 1. The lowest BCUT2D eigenvalue weighted by Gasteiger charge is -2.05. The number of aliphatic hydroxyl groups is 1. The first-order valence-electron chi connectivity index (χ1n) is 4.36. The zero-order valence-electron chi connectivity index (χ0n) is 8.30. The van der Waals surface area contributed by atoms with Crippen molar-refractivity contribution in [2.45, 2.75) is 0 Å². The van der Waals surface area contributed by atoms with Gasteiger partial charge in [-0.15, -0.1) is 0 Å². The molecule has 0 saturated heterocycles. The van der Waals surface area contributed by atoms with Crippen molar-refractivity contribution in [1.82, 2.24) is 0 Å². The molecule has 0 spiro atoms. The van der Waals surface area contributed by atoms with E-state index in [4.69, 9.17) is 14.9 Å². The number of hydrogen-bond acceptors (Lipinski definition) is 3. The van der Waals surface area contributed by atoms with Crippen LogP contribution in [0.1, 0.15) is 5.56 Å².